The minimum absolute atomic E-state index is 0.351. The molecule has 0 aliphatic carbocycles. The fourth-order valence-corrected chi connectivity index (χ4v) is 2.68. The van der Waals surface area contributed by atoms with E-state index in [2.05, 4.69) is 10.3 Å². The predicted molar refractivity (Wildman–Crippen MR) is 95.2 cm³/mol. The van der Waals surface area contributed by atoms with Gasteiger partial charge in [0, 0.05) is 18.8 Å². The van der Waals surface area contributed by atoms with Crippen molar-refractivity contribution >= 4 is 22.6 Å². The summed E-state index contributed by atoms with van der Waals surface area (Å²) < 4.78 is 4.84. The average molecular weight is 334 g/mol. The van der Waals surface area contributed by atoms with Crippen LogP contribution >= 0.6 is 0 Å². The third-order valence-corrected chi connectivity index (χ3v) is 3.97. The van der Waals surface area contributed by atoms with Crippen LogP contribution < -0.4 is 5.32 Å². The zero-order chi connectivity index (χ0) is 17.6. The maximum atomic E-state index is 12.3. The van der Waals surface area contributed by atoms with Gasteiger partial charge in [-0.15, -0.1) is 0 Å². The number of hydrogen-bond acceptors (Lipinski definition) is 4. The van der Waals surface area contributed by atoms with Crippen LogP contribution in [0.4, 0.5) is 0 Å². The molecule has 0 fully saturated rings. The summed E-state index contributed by atoms with van der Waals surface area (Å²) in [6.07, 6.45) is 3.40. The fraction of sp³-hybridized carbons (Fsp3) is 0.150. The Morgan fingerprint density at radius 3 is 2.60 bits per heavy atom. The second-order valence-electron chi connectivity index (χ2n) is 5.68. The molecule has 1 atom stereocenters. The van der Waals surface area contributed by atoms with Gasteiger partial charge in [-0.05, 0) is 28.5 Å². The molecule has 0 radical (unpaired) electrons. The zero-order valence-corrected chi connectivity index (χ0v) is 13.8. The lowest BCUT2D eigenvalue weighted by atomic mass is 10.0. The van der Waals surface area contributed by atoms with E-state index in [1.807, 2.05) is 42.5 Å². The molecule has 5 nitrogen and oxygen atoms in total. The summed E-state index contributed by atoms with van der Waals surface area (Å²) >= 11 is 0. The van der Waals surface area contributed by atoms with E-state index in [9.17, 15) is 9.59 Å². The number of carbonyl (C=O) groups is 2. The molecule has 25 heavy (non-hydrogen) atoms. The van der Waals surface area contributed by atoms with E-state index >= 15 is 0 Å². The van der Waals surface area contributed by atoms with E-state index in [-0.39, 0.29) is 5.91 Å². The number of esters is 1. The molecule has 3 rings (SSSR count). The van der Waals surface area contributed by atoms with Crippen LogP contribution in [0.5, 0.6) is 0 Å². The summed E-state index contributed by atoms with van der Waals surface area (Å²) in [4.78, 5) is 28.3. The lowest BCUT2D eigenvalue weighted by molar-refractivity contribution is -0.142. The number of ether oxygens (including phenoxy) is 1. The van der Waals surface area contributed by atoms with Crippen LogP contribution in [0.3, 0.4) is 0 Å². The van der Waals surface area contributed by atoms with Gasteiger partial charge in [0.25, 0.3) is 5.91 Å². The van der Waals surface area contributed by atoms with Gasteiger partial charge in [0.15, 0.2) is 0 Å². The lowest BCUT2D eigenvalue weighted by Gasteiger charge is -2.17. The molecule has 3 aromatic rings. The van der Waals surface area contributed by atoms with Gasteiger partial charge in [-0.1, -0.05) is 42.5 Å². The highest BCUT2D eigenvalue weighted by Gasteiger charge is 2.22. The number of fused-ring (bicyclic) bond motifs is 1. The lowest BCUT2D eigenvalue weighted by Crippen LogP contribution is -2.43. The van der Waals surface area contributed by atoms with Gasteiger partial charge in [-0.25, -0.2) is 4.79 Å². The Hall–Kier alpha value is -3.21. The number of rotatable bonds is 5. The van der Waals surface area contributed by atoms with Gasteiger partial charge in [-0.2, -0.15) is 0 Å². The normalized spacial score (nSPS) is 11.7. The largest absolute Gasteiger partial charge is 0.467 e. The van der Waals surface area contributed by atoms with Gasteiger partial charge < -0.3 is 10.1 Å². The molecule has 1 aromatic heterocycles. The molecule has 1 heterocycles. The molecule has 126 valence electrons. The predicted octanol–water partition coefficient (Wildman–Crippen LogP) is 2.75. The first-order chi connectivity index (χ1) is 12.2. The molecule has 0 saturated heterocycles. The van der Waals surface area contributed by atoms with Crippen molar-refractivity contribution in [2.45, 2.75) is 12.5 Å². The van der Waals surface area contributed by atoms with Crippen molar-refractivity contribution < 1.29 is 14.3 Å². The number of methoxy groups -OCH3 is 1. The molecule has 2 aromatic carbocycles. The molecule has 1 N–H and O–H groups in total. The monoisotopic (exact) mass is 334 g/mol. The van der Waals surface area contributed by atoms with E-state index in [1.165, 1.54) is 13.3 Å². The maximum Gasteiger partial charge on any atom is 0.328 e. The summed E-state index contributed by atoms with van der Waals surface area (Å²) in [6.45, 7) is 0. The van der Waals surface area contributed by atoms with Crippen LogP contribution in [0.25, 0.3) is 10.8 Å². The molecule has 0 spiro atoms. The van der Waals surface area contributed by atoms with Crippen molar-refractivity contribution in [2.75, 3.05) is 7.11 Å². The number of amides is 1. The quantitative estimate of drug-likeness (QED) is 0.729. The Balaban J connectivity index is 1.80. The minimum Gasteiger partial charge on any atom is -0.467 e. The van der Waals surface area contributed by atoms with Crippen LogP contribution in [-0.2, 0) is 16.0 Å². The number of nitrogens with zero attached hydrogens (tertiary/aromatic N) is 1. The SMILES string of the molecule is COC(=O)[C@@H](Cc1ccc2ccccc2c1)NC(=O)c1cccnc1. The highest BCUT2D eigenvalue weighted by atomic mass is 16.5. The first-order valence-electron chi connectivity index (χ1n) is 7.94. The first-order valence-corrected chi connectivity index (χ1v) is 7.94. The summed E-state index contributed by atoms with van der Waals surface area (Å²) in [5.41, 5.74) is 1.34. The Kier molecular flexibility index (Phi) is 5.04. The van der Waals surface area contributed by atoms with E-state index in [0.717, 1.165) is 16.3 Å². The molecule has 5 heteroatoms. The number of pyridine rings is 1. The Labute approximate surface area is 145 Å². The van der Waals surface area contributed by atoms with Crippen molar-refractivity contribution in [1.29, 1.82) is 0 Å². The van der Waals surface area contributed by atoms with Crippen LogP contribution in [0.1, 0.15) is 15.9 Å². The van der Waals surface area contributed by atoms with Gasteiger partial charge in [0.1, 0.15) is 6.04 Å². The summed E-state index contributed by atoms with van der Waals surface area (Å²) in [6, 6.07) is 16.5. The molecule has 1 amide bonds. The zero-order valence-electron chi connectivity index (χ0n) is 13.8. The molecule has 0 aliphatic rings. The molecule has 0 unspecified atom stereocenters. The molecule has 0 saturated carbocycles. The standard InChI is InChI=1S/C20H18N2O3/c1-25-20(24)18(22-19(23)17-7-4-10-21-13-17)12-14-8-9-15-5-2-3-6-16(15)11-14/h2-11,13,18H,12H2,1H3,(H,22,23)/t18-/m1/s1. The Bertz CT molecular complexity index is 894. The van der Waals surface area contributed by atoms with Crippen LogP contribution in [0.2, 0.25) is 0 Å². The van der Waals surface area contributed by atoms with E-state index in [4.69, 9.17) is 4.74 Å². The summed E-state index contributed by atoms with van der Waals surface area (Å²) in [5.74, 6) is -0.838. The van der Waals surface area contributed by atoms with Crippen molar-refractivity contribution in [1.82, 2.24) is 10.3 Å². The number of benzene rings is 2. The van der Waals surface area contributed by atoms with E-state index in [1.54, 1.807) is 18.3 Å². The van der Waals surface area contributed by atoms with Crippen molar-refractivity contribution in [2.24, 2.45) is 0 Å². The number of hydrogen-bond donors (Lipinski definition) is 1. The number of carbonyl (C=O) groups excluding carboxylic acids is 2. The molecular formula is C20H18N2O3. The first kappa shape index (κ1) is 16.6. The average Bonchev–Trinajstić information content (AvgIpc) is 2.67. The minimum atomic E-state index is -0.765. The number of nitrogens with one attached hydrogen (secondary N) is 1. The second-order valence-corrected chi connectivity index (χ2v) is 5.68. The van der Waals surface area contributed by atoms with Crippen LogP contribution in [0, 0.1) is 0 Å². The van der Waals surface area contributed by atoms with Crippen molar-refractivity contribution in [3.63, 3.8) is 0 Å². The number of aromatic nitrogens is 1. The third kappa shape index (κ3) is 4.01. The van der Waals surface area contributed by atoms with Crippen molar-refractivity contribution in [3.8, 4) is 0 Å². The van der Waals surface area contributed by atoms with Gasteiger partial charge in [0.2, 0.25) is 0 Å². The van der Waals surface area contributed by atoms with Gasteiger partial charge >= 0.3 is 5.97 Å². The maximum absolute atomic E-state index is 12.3. The van der Waals surface area contributed by atoms with Crippen molar-refractivity contribution in [3.05, 3.63) is 78.1 Å². The Morgan fingerprint density at radius 1 is 1.08 bits per heavy atom. The molecule has 0 aliphatic heterocycles. The summed E-state index contributed by atoms with van der Waals surface area (Å²) in [7, 11) is 1.31. The van der Waals surface area contributed by atoms with E-state index < -0.39 is 12.0 Å². The smallest absolute Gasteiger partial charge is 0.328 e. The topological polar surface area (TPSA) is 68.3 Å². The highest BCUT2D eigenvalue weighted by Crippen LogP contribution is 2.17. The van der Waals surface area contributed by atoms with Gasteiger partial charge in [0.05, 0.1) is 12.7 Å². The van der Waals surface area contributed by atoms with Crippen LogP contribution in [-0.4, -0.2) is 30.0 Å². The summed E-state index contributed by atoms with van der Waals surface area (Å²) in [5, 5.41) is 4.94. The Morgan fingerprint density at radius 2 is 1.88 bits per heavy atom. The van der Waals surface area contributed by atoms with Gasteiger partial charge in [-0.3, -0.25) is 9.78 Å². The van der Waals surface area contributed by atoms with E-state index in [0.29, 0.717) is 12.0 Å². The highest BCUT2D eigenvalue weighted by molar-refractivity contribution is 5.96. The van der Waals surface area contributed by atoms with Crippen LogP contribution in [0.15, 0.2) is 67.0 Å². The third-order valence-electron chi connectivity index (χ3n) is 3.97. The second kappa shape index (κ2) is 7.57. The fourth-order valence-electron chi connectivity index (χ4n) is 2.68. The molecule has 0 bridgehead atoms. The molecular weight excluding hydrogens is 316 g/mol.